The maximum absolute atomic E-state index is 13.4. The fourth-order valence-electron chi connectivity index (χ4n) is 2.10. The monoisotopic (exact) mass is 273 g/mol. The molecule has 1 aliphatic rings. The molecule has 0 saturated carbocycles. The van der Waals surface area contributed by atoms with Crippen molar-refractivity contribution in [3.8, 4) is 0 Å². The summed E-state index contributed by atoms with van der Waals surface area (Å²) in [7, 11) is 0. The number of hydrogen-bond donors (Lipinski definition) is 1. The molecule has 4 heteroatoms. The van der Waals surface area contributed by atoms with Crippen LogP contribution in [-0.2, 0) is 0 Å². The van der Waals surface area contributed by atoms with E-state index in [2.05, 4.69) is 12.2 Å². The van der Waals surface area contributed by atoms with Crippen molar-refractivity contribution in [1.29, 1.82) is 0 Å². The lowest BCUT2D eigenvalue weighted by molar-refractivity contribution is 0.430. The van der Waals surface area contributed by atoms with Gasteiger partial charge >= 0.3 is 0 Å². The first-order chi connectivity index (χ1) is 8.16. The highest BCUT2D eigenvalue weighted by atomic mass is 35.5. The molecule has 1 unspecified atom stereocenters. The lowest BCUT2D eigenvalue weighted by Gasteiger charge is -2.26. The van der Waals surface area contributed by atoms with E-state index < -0.39 is 0 Å². The molecule has 1 N–H and O–H groups in total. The van der Waals surface area contributed by atoms with Gasteiger partial charge in [0.25, 0.3) is 0 Å². The normalized spacial score (nSPS) is 19.2. The zero-order valence-corrected chi connectivity index (χ0v) is 11.5. The minimum atomic E-state index is -0.336. The van der Waals surface area contributed by atoms with Crippen LogP contribution >= 0.6 is 23.4 Å². The second-order valence-corrected chi connectivity index (χ2v) is 6.08. The SMILES string of the molecule is CC(NC1CCSCC1)c1ccc(Cl)c(F)c1. The number of hydrogen-bond acceptors (Lipinski definition) is 2. The highest BCUT2D eigenvalue weighted by Crippen LogP contribution is 2.23. The third-order valence-electron chi connectivity index (χ3n) is 3.15. The smallest absolute Gasteiger partial charge is 0.142 e. The van der Waals surface area contributed by atoms with Gasteiger partial charge in [0.1, 0.15) is 5.82 Å². The van der Waals surface area contributed by atoms with Gasteiger partial charge in [-0.1, -0.05) is 17.7 Å². The lowest BCUT2D eigenvalue weighted by atomic mass is 10.1. The topological polar surface area (TPSA) is 12.0 Å². The van der Waals surface area contributed by atoms with Crippen LogP contribution in [0.2, 0.25) is 5.02 Å². The molecule has 1 atom stereocenters. The van der Waals surface area contributed by atoms with Crippen molar-refractivity contribution >= 4 is 23.4 Å². The van der Waals surface area contributed by atoms with Gasteiger partial charge in [-0.2, -0.15) is 11.8 Å². The Balaban J connectivity index is 1.98. The first-order valence-corrected chi connectivity index (χ1v) is 7.49. The van der Waals surface area contributed by atoms with E-state index in [-0.39, 0.29) is 16.9 Å². The van der Waals surface area contributed by atoms with Crippen LogP contribution in [-0.4, -0.2) is 17.5 Å². The molecule has 1 aromatic carbocycles. The van der Waals surface area contributed by atoms with Crippen LogP contribution in [0, 0.1) is 5.82 Å². The van der Waals surface area contributed by atoms with Gasteiger partial charge in [0.05, 0.1) is 5.02 Å². The summed E-state index contributed by atoms with van der Waals surface area (Å²) in [5.41, 5.74) is 0.963. The largest absolute Gasteiger partial charge is 0.307 e. The van der Waals surface area contributed by atoms with Gasteiger partial charge in [0.15, 0.2) is 0 Å². The van der Waals surface area contributed by atoms with E-state index in [1.165, 1.54) is 30.4 Å². The predicted molar refractivity (Wildman–Crippen MR) is 73.3 cm³/mol. The van der Waals surface area contributed by atoms with Crippen molar-refractivity contribution in [2.45, 2.75) is 31.8 Å². The standard InChI is InChI=1S/C13H17ClFNS/c1-9(16-11-4-6-17-7-5-11)10-2-3-12(14)13(15)8-10/h2-3,8-9,11,16H,4-7H2,1H3. The third kappa shape index (κ3) is 3.60. The maximum atomic E-state index is 13.4. The van der Waals surface area contributed by atoms with Gasteiger partial charge in [-0.05, 0) is 49.0 Å². The van der Waals surface area contributed by atoms with E-state index in [4.69, 9.17) is 11.6 Å². The zero-order valence-electron chi connectivity index (χ0n) is 9.88. The molecular weight excluding hydrogens is 257 g/mol. The molecule has 1 aliphatic heterocycles. The summed E-state index contributed by atoms with van der Waals surface area (Å²) in [6, 6.07) is 5.78. The molecule has 0 spiro atoms. The molecule has 1 heterocycles. The van der Waals surface area contributed by atoms with Crippen LogP contribution in [0.5, 0.6) is 0 Å². The molecule has 0 bridgehead atoms. The quantitative estimate of drug-likeness (QED) is 0.893. The van der Waals surface area contributed by atoms with Crippen molar-refractivity contribution in [2.75, 3.05) is 11.5 Å². The van der Waals surface area contributed by atoms with E-state index >= 15 is 0 Å². The molecular formula is C13H17ClFNS. The maximum Gasteiger partial charge on any atom is 0.142 e. The minimum absolute atomic E-state index is 0.176. The van der Waals surface area contributed by atoms with Crippen molar-refractivity contribution < 1.29 is 4.39 Å². The van der Waals surface area contributed by atoms with Gasteiger partial charge in [-0.15, -0.1) is 0 Å². The van der Waals surface area contributed by atoms with Crippen molar-refractivity contribution in [3.63, 3.8) is 0 Å². The number of nitrogens with one attached hydrogen (secondary N) is 1. The second kappa shape index (κ2) is 6.07. The fraction of sp³-hybridized carbons (Fsp3) is 0.538. The van der Waals surface area contributed by atoms with E-state index in [1.54, 1.807) is 6.07 Å². The Morgan fingerprint density at radius 3 is 2.76 bits per heavy atom. The summed E-state index contributed by atoms with van der Waals surface area (Å²) >= 11 is 7.69. The van der Waals surface area contributed by atoms with Crippen molar-refractivity contribution in [1.82, 2.24) is 5.32 Å². The van der Waals surface area contributed by atoms with Crippen LogP contribution in [0.15, 0.2) is 18.2 Å². The molecule has 0 aromatic heterocycles. The average Bonchev–Trinajstić information content (AvgIpc) is 2.34. The number of rotatable bonds is 3. The molecule has 1 saturated heterocycles. The zero-order chi connectivity index (χ0) is 12.3. The summed E-state index contributed by atoms with van der Waals surface area (Å²) in [5, 5.41) is 3.75. The molecule has 1 aromatic rings. The number of thioether (sulfide) groups is 1. The first-order valence-electron chi connectivity index (χ1n) is 5.95. The Hall–Kier alpha value is -0.250. The lowest BCUT2D eigenvalue weighted by Crippen LogP contribution is -2.34. The van der Waals surface area contributed by atoms with E-state index in [0.717, 1.165) is 5.56 Å². The minimum Gasteiger partial charge on any atom is -0.307 e. The first kappa shape index (κ1) is 13.2. The Morgan fingerprint density at radius 1 is 1.41 bits per heavy atom. The summed E-state index contributed by atoms with van der Waals surface area (Å²) < 4.78 is 13.4. The van der Waals surface area contributed by atoms with Crippen molar-refractivity contribution in [2.24, 2.45) is 0 Å². The molecule has 94 valence electrons. The molecule has 0 radical (unpaired) electrons. The number of benzene rings is 1. The third-order valence-corrected chi connectivity index (χ3v) is 4.51. The molecule has 2 rings (SSSR count). The van der Waals surface area contributed by atoms with Crippen LogP contribution < -0.4 is 5.32 Å². The highest BCUT2D eigenvalue weighted by molar-refractivity contribution is 7.99. The van der Waals surface area contributed by atoms with Gasteiger partial charge in [0.2, 0.25) is 0 Å². The van der Waals surface area contributed by atoms with Crippen LogP contribution in [0.3, 0.4) is 0 Å². The van der Waals surface area contributed by atoms with Gasteiger partial charge in [-0.25, -0.2) is 4.39 Å². The predicted octanol–water partition coefficient (Wildman–Crippen LogP) is 4.03. The number of halogens is 2. The van der Waals surface area contributed by atoms with Crippen LogP contribution in [0.25, 0.3) is 0 Å². The Bertz CT molecular complexity index is 380. The summed E-state index contributed by atoms with van der Waals surface area (Å²) in [6.07, 6.45) is 2.40. The molecule has 17 heavy (non-hydrogen) atoms. The summed E-state index contributed by atoms with van der Waals surface area (Å²) in [4.78, 5) is 0. The second-order valence-electron chi connectivity index (χ2n) is 4.45. The van der Waals surface area contributed by atoms with Crippen LogP contribution in [0.4, 0.5) is 4.39 Å². The molecule has 1 fully saturated rings. The summed E-state index contributed by atoms with van der Waals surface area (Å²) in [6.45, 7) is 2.07. The molecule has 0 amide bonds. The van der Waals surface area contributed by atoms with Gasteiger partial charge < -0.3 is 5.32 Å². The van der Waals surface area contributed by atoms with Gasteiger partial charge in [-0.3, -0.25) is 0 Å². The van der Waals surface area contributed by atoms with Gasteiger partial charge in [0, 0.05) is 12.1 Å². The highest BCUT2D eigenvalue weighted by Gasteiger charge is 2.17. The van der Waals surface area contributed by atoms with E-state index in [9.17, 15) is 4.39 Å². The molecule has 1 nitrogen and oxygen atoms in total. The Kier molecular flexibility index (Phi) is 4.71. The van der Waals surface area contributed by atoms with Crippen LogP contribution in [0.1, 0.15) is 31.4 Å². The van der Waals surface area contributed by atoms with E-state index in [1.807, 2.05) is 17.8 Å². The average molecular weight is 274 g/mol. The van der Waals surface area contributed by atoms with Crippen molar-refractivity contribution in [3.05, 3.63) is 34.6 Å². The Morgan fingerprint density at radius 2 is 2.12 bits per heavy atom. The van der Waals surface area contributed by atoms with E-state index in [0.29, 0.717) is 6.04 Å². The Labute approximate surface area is 111 Å². The fourth-order valence-corrected chi connectivity index (χ4v) is 3.32. The molecule has 0 aliphatic carbocycles. The summed E-state index contributed by atoms with van der Waals surface area (Å²) in [5.74, 6) is 2.11.